The number of hydrogen-bond acceptors (Lipinski definition) is 2. The number of rotatable bonds is 2. The number of carbonyl (C=O) groups excluding carboxylic acids is 1. The van der Waals surface area contributed by atoms with E-state index in [4.69, 9.17) is 11.6 Å². The van der Waals surface area contributed by atoms with Gasteiger partial charge in [0.2, 0.25) is 0 Å². The zero-order chi connectivity index (χ0) is 16.2. The summed E-state index contributed by atoms with van der Waals surface area (Å²) in [5, 5.41) is 4.01. The summed E-state index contributed by atoms with van der Waals surface area (Å²) in [6.07, 6.45) is 6.06. The molecule has 0 atom stereocenters. The zero-order valence-electron chi connectivity index (χ0n) is 13.9. The van der Waals surface area contributed by atoms with E-state index in [2.05, 4.69) is 22.3 Å². The second-order valence-corrected chi connectivity index (χ2v) is 7.10. The molecule has 0 aromatic heterocycles. The van der Waals surface area contributed by atoms with Crippen LogP contribution in [0.5, 0.6) is 0 Å². The van der Waals surface area contributed by atoms with E-state index in [1.54, 1.807) is 0 Å². The van der Waals surface area contributed by atoms with Crippen molar-refractivity contribution in [2.24, 2.45) is 0 Å². The summed E-state index contributed by atoms with van der Waals surface area (Å²) in [7, 11) is 0. The van der Waals surface area contributed by atoms with Gasteiger partial charge in [0.15, 0.2) is 0 Å². The molecule has 1 aliphatic heterocycles. The van der Waals surface area contributed by atoms with Crippen LogP contribution in [0.1, 0.15) is 37.7 Å². The van der Waals surface area contributed by atoms with Crippen LogP contribution < -0.4 is 10.2 Å². The van der Waals surface area contributed by atoms with Crippen LogP contribution >= 0.6 is 11.6 Å². The lowest BCUT2D eigenvalue weighted by Crippen LogP contribution is -2.53. The number of nitrogens with one attached hydrogen (secondary N) is 1. The lowest BCUT2D eigenvalue weighted by Gasteiger charge is -2.37. The van der Waals surface area contributed by atoms with Crippen LogP contribution in [0, 0.1) is 6.92 Å². The highest BCUT2D eigenvalue weighted by Gasteiger charge is 2.24. The summed E-state index contributed by atoms with van der Waals surface area (Å²) in [6.45, 7) is 5.27. The van der Waals surface area contributed by atoms with Crippen molar-refractivity contribution in [3.05, 3.63) is 28.8 Å². The third-order valence-corrected chi connectivity index (χ3v) is 5.43. The summed E-state index contributed by atoms with van der Waals surface area (Å²) >= 11 is 6.22. The van der Waals surface area contributed by atoms with E-state index >= 15 is 0 Å². The van der Waals surface area contributed by atoms with Crippen LogP contribution in [-0.2, 0) is 0 Å². The summed E-state index contributed by atoms with van der Waals surface area (Å²) < 4.78 is 0. The molecule has 5 heteroatoms. The Hall–Kier alpha value is -1.42. The normalized spacial score (nSPS) is 19.7. The molecule has 2 aliphatic rings. The lowest BCUT2D eigenvalue weighted by molar-refractivity contribution is 0.186. The molecule has 2 fully saturated rings. The highest BCUT2D eigenvalue weighted by atomic mass is 35.5. The Morgan fingerprint density at radius 1 is 1.13 bits per heavy atom. The Morgan fingerprint density at radius 3 is 2.48 bits per heavy atom. The fourth-order valence-electron chi connectivity index (χ4n) is 3.46. The number of amides is 2. The molecule has 1 N–H and O–H groups in total. The Morgan fingerprint density at radius 2 is 1.83 bits per heavy atom. The number of aryl methyl sites for hydroxylation is 1. The smallest absolute Gasteiger partial charge is 0.317 e. The molecule has 1 heterocycles. The van der Waals surface area contributed by atoms with Crippen LogP contribution in [0.15, 0.2) is 18.2 Å². The largest absolute Gasteiger partial charge is 0.368 e. The third kappa shape index (κ3) is 4.11. The molecule has 3 rings (SSSR count). The Balaban J connectivity index is 1.51. The standard InChI is InChI=1S/C18H26ClN3O/c1-14-7-8-16(13-17(14)19)21-9-11-22(12-10-21)18(23)20-15-5-3-2-4-6-15/h7-8,13,15H,2-6,9-12H2,1H3,(H,20,23). The number of halogens is 1. The summed E-state index contributed by atoms with van der Waals surface area (Å²) in [5.74, 6) is 0. The van der Waals surface area contributed by atoms with E-state index in [9.17, 15) is 4.79 Å². The molecular formula is C18H26ClN3O. The molecular weight excluding hydrogens is 310 g/mol. The molecule has 126 valence electrons. The van der Waals surface area contributed by atoms with Crippen molar-refractivity contribution in [2.75, 3.05) is 31.1 Å². The predicted octanol–water partition coefficient (Wildman–Crippen LogP) is 3.81. The number of nitrogens with zero attached hydrogens (tertiary/aromatic N) is 2. The van der Waals surface area contributed by atoms with E-state index in [1.165, 1.54) is 19.3 Å². The van der Waals surface area contributed by atoms with Gasteiger partial charge in [-0.3, -0.25) is 0 Å². The fraction of sp³-hybridized carbons (Fsp3) is 0.611. The minimum atomic E-state index is 0.110. The first-order valence-corrected chi connectivity index (χ1v) is 9.08. The van der Waals surface area contributed by atoms with Gasteiger partial charge in [-0.15, -0.1) is 0 Å². The second kappa shape index (κ2) is 7.43. The summed E-state index contributed by atoms with van der Waals surface area (Å²) in [6, 6.07) is 6.68. The molecule has 1 aromatic carbocycles. The van der Waals surface area contributed by atoms with Crippen LogP contribution in [0.25, 0.3) is 0 Å². The summed E-state index contributed by atoms with van der Waals surface area (Å²) in [5.41, 5.74) is 2.24. The lowest BCUT2D eigenvalue weighted by atomic mass is 9.96. The van der Waals surface area contributed by atoms with Gasteiger partial charge in [-0.05, 0) is 37.5 Å². The maximum Gasteiger partial charge on any atom is 0.317 e. The first-order chi connectivity index (χ1) is 11.1. The molecule has 1 saturated carbocycles. The molecule has 1 saturated heterocycles. The van der Waals surface area contributed by atoms with E-state index in [0.717, 1.165) is 55.3 Å². The van der Waals surface area contributed by atoms with Crippen molar-refractivity contribution >= 4 is 23.3 Å². The highest BCUT2D eigenvalue weighted by molar-refractivity contribution is 6.31. The number of hydrogen-bond donors (Lipinski definition) is 1. The van der Waals surface area contributed by atoms with Crippen LogP contribution in [0.3, 0.4) is 0 Å². The van der Waals surface area contributed by atoms with Crippen LogP contribution in [-0.4, -0.2) is 43.2 Å². The minimum Gasteiger partial charge on any atom is -0.368 e. The van der Waals surface area contributed by atoms with Gasteiger partial charge in [0.05, 0.1) is 0 Å². The maximum absolute atomic E-state index is 12.4. The van der Waals surface area contributed by atoms with Gasteiger partial charge < -0.3 is 15.1 Å². The first kappa shape index (κ1) is 16.4. The van der Waals surface area contributed by atoms with Crippen molar-refractivity contribution in [2.45, 2.75) is 45.1 Å². The average molecular weight is 336 g/mol. The van der Waals surface area contributed by atoms with Gasteiger partial charge in [0, 0.05) is 42.9 Å². The van der Waals surface area contributed by atoms with Crippen molar-refractivity contribution in [1.29, 1.82) is 0 Å². The van der Waals surface area contributed by atoms with Crippen molar-refractivity contribution in [1.82, 2.24) is 10.2 Å². The van der Waals surface area contributed by atoms with Crippen LogP contribution in [0.4, 0.5) is 10.5 Å². The Kier molecular flexibility index (Phi) is 5.31. The fourth-order valence-corrected chi connectivity index (χ4v) is 3.63. The molecule has 1 aliphatic carbocycles. The SMILES string of the molecule is Cc1ccc(N2CCN(C(=O)NC3CCCCC3)CC2)cc1Cl. The number of anilines is 1. The van der Waals surface area contributed by atoms with Gasteiger partial charge in [-0.25, -0.2) is 4.79 Å². The first-order valence-electron chi connectivity index (χ1n) is 8.70. The molecule has 0 bridgehead atoms. The molecule has 1 aromatic rings. The summed E-state index contributed by atoms with van der Waals surface area (Å²) in [4.78, 5) is 16.6. The number of benzene rings is 1. The molecule has 0 radical (unpaired) electrons. The molecule has 2 amide bonds. The topological polar surface area (TPSA) is 35.6 Å². The predicted molar refractivity (Wildman–Crippen MR) is 95.4 cm³/mol. The Labute approximate surface area is 143 Å². The minimum absolute atomic E-state index is 0.110. The van der Waals surface area contributed by atoms with Gasteiger partial charge in [0.25, 0.3) is 0 Å². The third-order valence-electron chi connectivity index (χ3n) is 5.02. The van der Waals surface area contributed by atoms with E-state index in [-0.39, 0.29) is 6.03 Å². The number of piperazine rings is 1. The van der Waals surface area contributed by atoms with Gasteiger partial charge in [-0.1, -0.05) is 36.9 Å². The molecule has 23 heavy (non-hydrogen) atoms. The monoisotopic (exact) mass is 335 g/mol. The maximum atomic E-state index is 12.4. The quantitative estimate of drug-likeness (QED) is 0.892. The Bertz CT molecular complexity index is 549. The van der Waals surface area contributed by atoms with E-state index in [1.807, 2.05) is 17.9 Å². The van der Waals surface area contributed by atoms with Gasteiger partial charge >= 0.3 is 6.03 Å². The number of carbonyl (C=O) groups is 1. The molecule has 0 unspecified atom stereocenters. The highest BCUT2D eigenvalue weighted by Crippen LogP contribution is 2.24. The van der Waals surface area contributed by atoms with Gasteiger partial charge in [-0.2, -0.15) is 0 Å². The van der Waals surface area contributed by atoms with Crippen LogP contribution in [0.2, 0.25) is 5.02 Å². The second-order valence-electron chi connectivity index (χ2n) is 6.69. The van der Waals surface area contributed by atoms with Crippen molar-refractivity contribution in [3.8, 4) is 0 Å². The average Bonchev–Trinajstić information content (AvgIpc) is 2.58. The van der Waals surface area contributed by atoms with E-state index < -0.39 is 0 Å². The molecule has 4 nitrogen and oxygen atoms in total. The van der Waals surface area contributed by atoms with Gasteiger partial charge in [0.1, 0.15) is 0 Å². The number of urea groups is 1. The van der Waals surface area contributed by atoms with Crippen molar-refractivity contribution in [3.63, 3.8) is 0 Å². The van der Waals surface area contributed by atoms with E-state index in [0.29, 0.717) is 6.04 Å². The molecule has 0 spiro atoms. The zero-order valence-corrected chi connectivity index (χ0v) is 14.6. The van der Waals surface area contributed by atoms with Crippen molar-refractivity contribution < 1.29 is 4.79 Å².